The summed E-state index contributed by atoms with van der Waals surface area (Å²) in [6.07, 6.45) is -0.241. The van der Waals surface area contributed by atoms with E-state index in [1.54, 1.807) is 0 Å². The van der Waals surface area contributed by atoms with Gasteiger partial charge in [-0.15, -0.1) is 0 Å². The van der Waals surface area contributed by atoms with Crippen molar-refractivity contribution in [2.24, 2.45) is 16.2 Å². The highest BCUT2D eigenvalue weighted by Gasteiger charge is 2.45. The fourth-order valence-electron chi connectivity index (χ4n) is 3.08. The van der Waals surface area contributed by atoms with Crippen LogP contribution >= 0.6 is 0 Å². The van der Waals surface area contributed by atoms with Gasteiger partial charge in [0, 0.05) is 25.2 Å². The number of nitrogens with two attached hydrogens (primary N) is 1. The molecule has 1 aromatic rings. The number of ether oxygens (including phenoxy) is 2. The number of H-pyrrole nitrogens is 1. The third-order valence-corrected chi connectivity index (χ3v) is 4.60. The van der Waals surface area contributed by atoms with Crippen molar-refractivity contribution in [3.05, 3.63) is 33.1 Å². The molecular formula is C17H28N6O7. The zero-order valence-corrected chi connectivity index (χ0v) is 16.5. The predicted molar refractivity (Wildman–Crippen MR) is 103 cm³/mol. The predicted octanol–water partition coefficient (Wildman–Crippen LogP) is -1.83. The van der Waals surface area contributed by atoms with Crippen molar-refractivity contribution in [2.75, 3.05) is 26.3 Å². The van der Waals surface area contributed by atoms with Crippen LogP contribution in [0.25, 0.3) is 0 Å². The summed E-state index contributed by atoms with van der Waals surface area (Å²) in [6, 6.07) is 1.14. The molecule has 30 heavy (non-hydrogen) atoms. The molecule has 0 bridgehead atoms. The van der Waals surface area contributed by atoms with Crippen molar-refractivity contribution in [1.82, 2.24) is 14.9 Å². The number of aliphatic hydroxyl groups is 2. The van der Waals surface area contributed by atoms with E-state index in [0.717, 1.165) is 23.5 Å². The molecule has 2 heterocycles. The minimum Gasteiger partial charge on any atom is -0.394 e. The van der Waals surface area contributed by atoms with Gasteiger partial charge in [-0.1, -0.05) is 11.6 Å². The van der Waals surface area contributed by atoms with Gasteiger partial charge in [-0.2, -0.15) is 5.11 Å². The number of carbonyl (C=O) groups excluding carboxylic acids is 1. The molecule has 13 heteroatoms. The van der Waals surface area contributed by atoms with Crippen molar-refractivity contribution < 1.29 is 24.5 Å². The SMILES string of the molecule is NN=NCCCCCC(=O)NCCOC1C(O)[C@@H](CO)O[C@H]1n1ccc(=O)[nH]c1=O. The molecule has 1 fully saturated rings. The second-order valence-electron chi connectivity index (χ2n) is 6.73. The van der Waals surface area contributed by atoms with Crippen LogP contribution in [0, 0.1) is 0 Å². The molecule has 4 atom stereocenters. The molecule has 0 aromatic carbocycles. The Morgan fingerprint density at radius 1 is 1.37 bits per heavy atom. The molecule has 168 valence electrons. The third kappa shape index (κ3) is 6.73. The average molecular weight is 428 g/mol. The summed E-state index contributed by atoms with van der Waals surface area (Å²) in [5.41, 5.74) is -1.30. The number of nitrogens with one attached hydrogen (secondary N) is 2. The number of rotatable bonds is 12. The lowest BCUT2D eigenvalue weighted by molar-refractivity contribution is -0.122. The second-order valence-corrected chi connectivity index (χ2v) is 6.73. The second kappa shape index (κ2) is 12.2. The lowest BCUT2D eigenvalue weighted by Gasteiger charge is -2.22. The summed E-state index contributed by atoms with van der Waals surface area (Å²) in [5, 5.41) is 29.2. The molecule has 2 rings (SSSR count). The molecule has 1 aromatic heterocycles. The summed E-state index contributed by atoms with van der Waals surface area (Å²) < 4.78 is 12.2. The maximum absolute atomic E-state index is 12.0. The smallest absolute Gasteiger partial charge is 0.330 e. The number of hydrogen-bond donors (Lipinski definition) is 5. The van der Waals surface area contributed by atoms with Crippen molar-refractivity contribution in [3.63, 3.8) is 0 Å². The summed E-state index contributed by atoms with van der Waals surface area (Å²) >= 11 is 0. The van der Waals surface area contributed by atoms with Crippen LogP contribution in [0.3, 0.4) is 0 Å². The number of aromatic amines is 1. The minimum atomic E-state index is -1.19. The number of aromatic nitrogens is 2. The van der Waals surface area contributed by atoms with Gasteiger partial charge in [0.15, 0.2) is 6.23 Å². The fraction of sp³-hybridized carbons (Fsp3) is 0.706. The Labute approximate surface area is 171 Å². The van der Waals surface area contributed by atoms with Crippen LogP contribution in [-0.2, 0) is 14.3 Å². The Morgan fingerprint density at radius 2 is 2.17 bits per heavy atom. The number of hydrogen-bond acceptors (Lipinski definition) is 9. The topological polar surface area (TPSA) is 194 Å². The van der Waals surface area contributed by atoms with Crippen LogP contribution in [-0.4, -0.2) is 70.3 Å². The highest BCUT2D eigenvalue weighted by atomic mass is 16.6. The molecule has 2 unspecified atom stereocenters. The lowest BCUT2D eigenvalue weighted by atomic mass is 10.1. The van der Waals surface area contributed by atoms with E-state index in [1.165, 1.54) is 6.20 Å². The quantitative estimate of drug-likeness (QED) is 0.111. The van der Waals surface area contributed by atoms with E-state index in [-0.39, 0.29) is 19.1 Å². The molecule has 1 saturated heterocycles. The Hall–Kier alpha value is -2.61. The molecule has 0 spiro atoms. The lowest BCUT2D eigenvalue weighted by Crippen LogP contribution is -2.40. The minimum absolute atomic E-state index is 0.0560. The van der Waals surface area contributed by atoms with E-state index in [4.69, 9.17) is 15.3 Å². The molecule has 13 nitrogen and oxygen atoms in total. The average Bonchev–Trinajstić information content (AvgIpc) is 3.03. The van der Waals surface area contributed by atoms with Gasteiger partial charge in [-0.05, 0) is 12.8 Å². The van der Waals surface area contributed by atoms with Gasteiger partial charge >= 0.3 is 5.69 Å². The fourth-order valence-corrected chi connectivity index (χ4v) is 3.08. The van der Waals surface area contributed by atoms with Gasteiger partial charge in [0.25, 0.3) is 5.56 Å². The van der Waals surface area contributed by atoms with Crippen molar-refractivity contribution in [3.8, 4) is 0 Å². The zero-order valence-electron chi connectivity index (χ0n) is 16.5. The summed E-state index contributed by atoms with van der Waals surface area (Å²) in [5.74, 6) is 4.76. The van der Waals surface area contributed by atoms with E-state index < -0.39 is 42.4 Å². The number of aliphatic hydroxyl groups excluding tert-OH is 2. The highest BCUT2D eigenvalue weighted by Crippen LogP contribution is 2.30. The maximum atomic E-state index is 12.0. The van der Waals surface area contributed by atoms with Crippen LogP contribution in [0.1, 0.15) is 31.9 Å². The Balaban J connectivity index is 1.81. The largest absolute Gasteiger partial charge is 0.394 e. The van der Waals surface area contributed by atoms with Crippen LogP contribution in [0.15, 0.2) is 32.2 Å². The molecule has 0 radical (unpaired) electrons. The Morgan fingerprint density at radius 3 is 2.87 bits per heavy atom. The van der Waals surface area contributed by atoms with Crippen molar-refractivity contribution in [2.45, 2.75) is 50.2 Å². The maximum Gasteiger partial charge on any atom is 0.330 e. The van der Waals surface area contributed by atoms with Crippen LogP contribution in [0.4, 0.5) is 0 Å². The molecule has 6 N–H and O–H groups in total. The molecular weight excluding hydrogens is 400 g/mol. The monoisotopic (exact) mass is 428 g/mol. The van der Waals surface area contributed by atoms with E-state index in [9.17, 15) is 24.6 Å². The molecule has 1 aliphatic rings. The van der Waals surface area contributed by atoms with E-state index in [1.807, 2.05) is 0 Å². The van der Waals surface area contributed by atoms with Gasteiger partial charge in [0.05, 0.1) is 19.8 Å². The first kappa shape index (κ1) is 23.7. The molecule has 1 aliphatic heterocycles. The van der Waals surface area contributed by atoms with Gasteiger partial charge in [0.2, 0.25) is 5.91 Å². The first-order valence-corrected chi connectivity index (χ1v) is 9.68. The summed E-state index contributed by atoms with van der Waals surface area (Å²) in [6.45, 7) is 0.312. The van der Waals surface area contributed by atoms with E-state index >= 15 is 0 Å². The third-order valence-electron chi connectivity index (χ3n) is 4.60. The Bertz CT molecular complexity index is 810. The van der Waals surface area contributed by atoms with Gasteiger partial charge in [-0.25, -0.2) is 4.79 Å². The van der Waals surface area contributed by atoms with Gasteiger partial charge in [-0.3, -0.25) is 19.1 Å². The zero-order chi connectivity index (χ0) is 21.9. The number of amides is 1. The first-order chi connectivity index (χ1) is 14.5. The standard InChI is InChI=1S/C17H28N6O7/c18-22-20-6-3-1-2-4-12(25)19-7-9-29-15-14(27)11(10-24)30-16(15)23-8-5-13(26)21-17(23)28/h5,8,11,14-16,24,27H,1-4,6-7,9-10H2,(H2,18,20)(H,19,25)(H,21,26,28)/t11-,14?,15?,16-/m1/s1. The molecule has 1 amide bonds. The van der Waals surface area contributed by atoms with E-state index in [0.29, 0.717) is 19.4 Å². The van der Waals surface area contributed by atoms with Gasteiger partial charge < -0.3 is 30.8 Å². The van der Waals surface area contributed by atoms with Crippen molar-refractivity contribution in [1.29, 1.82) is 0 Å². The van der Waals surface area contributed by atoms with Crippen molar-refractivity contribution >= 4 is 5.91 Å². The highest BCUT2D eigenvalue weighted by molar-refractivity contribution is 5.75. The Kier molecular flexibility index (Phi) is 9.60. The number of nitrogens with zero attached hydrogens (tertiary/aromatic N) is 3. The first-order valence-electron chi connectivity index (χ1n) is 9.68. The van der Waals surface area contributed by atoms with E-state index in [2.05, 4.69) is 20.6 Å². The van der Waals surface area contributed by atoms with Crippen LogP contribution in [0.2, 0.25) is 0 Å². The molecule has 0 aliphatic carbocycles. The van der Waals surface area contributed by atoms with Crippen LogP contribution < -0.4 is 22.4 Å². The van der Waals surface area contributed by atoms with Crippen LogP contribution in [0.5, 0.6) is 0 Å². The number of unbranched alkanes of at least 4 members (excludes halogenated alkanes) is 2. The summed E-state index contributed by atoms with van der Waals surface area (Å²) in [7, 11) is 0. The summed E-state index contributed by atoms with van der Waals surface area (Å²) in [4.78, 5) is 37.2. The normalized spacial score (nSPS) is 23.8. The van der Waals surface area contributed by atoms with Gasteiger partial charge in [0.1, 0.15) is 18.3 Å². The molecule has 0 saturated carbocycles. The number of carbonyl (C=O) groups is 1.